The molecule has 0 radical (unpaired) electrons. The highest BCUT2D eigenvalue weighted by Gasteiger charge is 2.13. The van der Waals surface area contributed by atoms with Crippen molar-refractivity contribution in [1.29, 1.82) is 0 Å². The minimum Gasteiger partial charge on any atom is -0.328 e. The van der Waals surface area contributed by atoms with Crippen LogP contribution < -0.4 is 0 Å². The van der Waals surface area contributed by atoms with Gasteiger partial charge in [0.15, 0.2) is 0 Å². The summed E-state index contributed by atoms with van der Waals surface area (Å²) >= 11 is 5.98. The number of aromatic nitrogens is 2. The maximum Gasteiger partial charge on any atom is 0.109 e. The predicted molar refractivity (Wildman–Crippen MR) is 57.7 cm³/mol. The van der Waals surface area contributed by atoms with Gasteiger partial charge >= 0.3 is 0 Å². The van der Waals surface area contributed by atoms with E-state index in [1.54, 1.807) is 0 Å². The molecule has 2 nitrogen and oxygen atoms in total. The zero-order valence-electron chi connectivity index (χ0n) is 7.83. The van der Waals surface area contributed by atoms with Gasteiger partial charge in [-0.15, -0.1) is 0 Å². The van der Waals surface area contributed by atoms with Gasteiger partial charge in [-0.05, 0) is 31.0 Å². The lowest BCUT2D eigenvalue weighted by Gasteiger charge is -2.13. The van der Waals surface area contributed by atoms with E-state index in [9.17, 15) is 0 Å². The molecule has 72 valence electrons. The van der Waals surface area contributed by atoms with Crippen molar-refractivity contribution in [3.8, 4) is 0 Å². The van der Waals surface area contributed by atoms with Crippen LogP contribution in [0.5, 0.6) is 0 Å². The first-order valence-corrected chi connectivity index (χ1v) is 5.37. The summed E-state index contributed by atoms with van der Waals surface area (Å²) in [5, 5.41) is 0.797. The third kappa shape index (κ3) is 1.14. The molecule has 3 rings (SSSR count). The second-order valence-corrected chi connectivity index (χ2v) is 4.21. The second-order valence-electron chi connectivity index (χ2n) is 3.77. The van der Waals surface area contributed by atoms with Crippen LogP contribution in [0.1, 0.15) is 18.7 Å². The van der Waals surface area contributed by atoms with Gasteiger partial charge < -0.3 is 4.57 Å². The Bertz CT molecular complexity index is 487. The fraction of sp³-hybridized carbons (Fsp3) is 0.364. The molecule has 0 saturated heterocycles. The molecule has 1 aliphatic heterocycles. The molecule has 1 aromatic carbocycles. The number of aryl methyl sites for hydroxylation is 2. The van der Waals surface area contributed by atoms with E-state index in [1.807, 2.05) is 18.2 Å². The molecule has 0 amide bonds. The minimum absolute atomic E-state index is 0.797. The first-order chi connectivity index (χ1) is 6.84. The molecule has 2 heterocycles. The Morgan fingerprint density at radius 2 is 2.21 bits per heavy atom. The molecule has 0 fully saturated rings. The SMILES string of the molecule is Clc1ccc2nc3n(c2c1)CCCC3. The topological polar surface area (TPSA) is 17.8 Å². The van der Waals surface area contributed by atoms with Crippen LogP contribution in [0.25, 0.3) is 11.0 Å². The third-order valence-electron chi connectivity index (χ3n) is 2.82. The van der Waals surface area contributed by atoms with Gasteiger partial charge in [-0.3, -0.25) is 0 Å². The molecule has 2 aromatic rings. The van der Waals surface area contributed by atoms with Crippen molar-refractivity contribution >= 4 is 22.6 Å². The smallest absolute Gasteiger partial charge is 0.109 e. The first kappa shape index (κ1) is 8.30. The van der Waals surface area contributed by atoms with Crippen LogP contribution in [0.15, 0.2) is 18.2 Å². The maximum absolute atomic E-state index is 5.98. The molecule has 0 N–H and O–H groups in total. The number of hydrogen-bond donors (Lipinski definition) is 0. The summed E-state index contributed by atoms with van der Waals surface area (Å²) in [5.41, 5.74) is 2.26. The van der Waals surface area contributed by atoms with Crippen LogP contribution in [0.3, 0.4) is 0 Å². The van der Waals surface area contributed by atoms with Gasteiger partial charge in [-0.1, -0.05) is 11.6 Å². The molecule has 14 heavy (non-hydrogen) atoms. The summed E-state index contributed by atoms with van der Waals surface area (Å²) in [4.78, 5) is 4.60. The van der Waals surface area contributed by atoms with Gasteiger partial charge in [-0.2, -0.15) is 0 Å². The highest BCUT2D eigenvalue weighted by Crippen LogP contribution is 2.24. The molecule has 1 aromatic heterocycles. The predicted octanol–water partition coefficient (Wildman–Crippen LogP) is 3.03. The van der Waals surface area contributed by atoms with Crippen LogP contribution in [-0.2, 0) is 13.0 Å². The first-order valence-electron chi connectivity index (χ1n) is 4.99. The number of halogens is 1. The Morgan fingerprint density at radius 1 is 1.29 bits per heavy atom. The Kier molecular flexibility index (Phi) is 1.77. The summed E-state index contributed by atoms with van der Waals surface area (Å²) in [6.45, 7) is 1.09. The normalized spacial score (nSPS) is 15.8. The van der Waals surface area contributed by atoms with Crippen LogP contribution in [0.2, 0.25) is 5.02 Å². The zero-order valence-corrected chi connectivity index (χ0v) is 8.59. The van der Waals surface area contributed by atoms with E-state index in [1.165, 1.54) is 24.2 Å². The number of hydrogen-bond acceptors (Lipinski definition) is 1. The van der Waals surface area contributed by atoms with Gasteiger partial charge in [0.05, 0.1) is 11.0 Å². The number of rotatable bonds is 0. The molecule has 0 bridgehead atoms. The summed E-state index contributed by atoms with van der Waals surface area (Å²) in [5.74, 6) is 1.22. The lowest BCUT2D eigenvalue weighted by Crippen LogP contribution is -2.09. The fourth-order valence-corrected chi connectivity index (χ4v) is 2.31. The monoisotopic (exact) mass is 206 g/mol. The number of benzene rings is 1. The average molecular weight is 207 g/mol. The quantitative estimate of drug-likeness (QED) is 0.648. The Hall–Kier alpha value is -1.02. The van der Waals surface area contributed by atoms with Crippen molar-refractivity contribution in [3.05, 3.63) is 29.0 Å². The van der Waals surface area contributed by atoms with E-state index < -0.39 is 0 Å². The van der Waals surface area contributed by atoms with E-state index >= 15 is 0 Å². The Morgan fingerprint density at radius 3 is 3.14 bits per heavy atom. The summed E-state index contributed by atoms with van der Waals surface area (Å²) < 4.78 is 2.30. The molecule has 3 heteroatoms. The Labute approximate surface area is 87.5 Å². The average Bonchev–Trinajstić information content (AvgIpc) is 2.56. The van der Waals surface area contributed by atoms with Crippen molar-refractivity contribution < 1.29 is 0 Å². The fourth-order valence-electron chi connectivity index (χ4n) is 2.14. The van der Waals surface area contributed by atoms with E-state index in [0.29, 0.717) is 0 Å². The van der Waals surface area contributed by atoms with E-state index in [-0.39, 0.29) is 0 Å². The Balaban J connectivity index is 2.32. The minimum atomic E-state index is 0.797. The molecule has 0 unspecified atom stereocenters. The van der Waals surface area contributed by atoms with Crippen molar-refractivity contribution in [3.63, 3.8) is 0 Å². The molecular weight excluding hydrogens is 196 g/mol. The number of imidazole rings is 1. The van der Waals surface area contributed by atoms with Crippen molar-refractivity contribution in [1.82, 2.24) is 9.55 Å². The summed E-state index contributed by atoms with van der Waals surface area (Å²) in [7, 11) is 0. The van der Waals surface area contributed by atoms with Crippen LogP contribution in [0.4, 0.5) is 0 Å². The number of fused-ring (bicyclic) bond motifs is 3. The van der Waals surface area contributed by atoms with Gasteiger partial charge in [0.2, 0.25) is 0 Å². The van der Waals surface area contributed by atoms with Crippen molar-refractivity contribution in [2.75, 3.05) is 0 Å². The summed E-state index contributed by atoms with van der Waals surface area (Å²) in [6.07, 6.45) is 3.62. The van der Waals surface area contributed by atoms with E-state index in [0.717, 1.165) is 23.5 Å². The summed E-state index contributed by atoms with van der Waals surface area (Å²) in [6, 6.07) is 5.92. The lowest BCUT2D eigenvalue weighted by molar-refractivity contribution is 0.533. The molecule has 0 spiro atoms. The molecule has 0 atom stereocenters. The molecule has 0 saturated carbocycles. The molecule has 1 aliphatic rings. The highest BCUT2D eigenvalue weighted by molar-refractivity contribution is 6.31. The molecule has 0 aliphatic carbocycles. The highest BCUT2D eigenvalue weighted by atomic mass is 35.5. The van der Waals surface area contributed by atoms with Gasteiger partial charge in [0.1, 0.15) is 5.82 Å². The van der Waals surface area contributed by atoms with E-state index in [4.69, 9.17) is 11.6 Å². The van der Waals surface area contributed by atoms with Gasteiger partial charge in [-0.25, -0.2) is 4.98 Å². The standard InChI is InChI=1S/C11H11ClN2/c12-8-4-5-9-10(7-8)14-6-2-1-3-11(14)13-9/h4-5,7H,1-3,6H2. The van der Waals surface area contributed by atoms with Crippen molar-refractivity contribution in [2.45, 2.75) is 25.8 Å². The third-order valence-corrected chi connectivity index (χ3v) is 3.06. The largest absolute Gasteiger partial charge is 0.328 e. The number of nitrogens with zero attached hydrogens (tertiary/aromatic N) is 2. The van der Waals surface area contributed by atoms with Gasteiger partial charge in [0.25, 0.3) is 0 Å². The molecular formula is C11H11ClN2. The van der Waals surface area contributed by atoms with Crippen LogP contribution >= 0.6 is 11.6 Å². The second kappa shape index (κ2) is 2.99. The van der Waals surface area contributed by atoms with Crippen LogP contribution in [0, 0.1) is 0 Å². The van der Waals surface area contributed by atoms with Gasteiger partial charge in [0, 0.05) is 18.0 Å². The maximum atomic E-state index is 5.98. The van der Waals surface area contributed by atoms with Crippen LogP contribution in [-0.4, -0.2) is 9.55 Å². The zero-order chi connectivity index (χ0) is 9.54. The van der Waals surface area contributed by atoms with Crippen molar-refractivity contribution in [2.24, 2.45) is 0 Å². The van der Waals surface area contributed by atoms with E-state index in [2.05, 4.69) is 9.55 Å². The lowest BCUT2D eigenvalue weighted by atomic mass is 10.2.